The lowest BCUT2D eigenvalue weighted by Crippen LogP contribution is -2.27. The zero-order chi connectivity index (χ0) is 16.3. The monoisotopic (exact) mass is 291 g/mol. The molecule has 0 unspecified atom stereocenters. The Balaban J connectivity index is 3.01. The van der Waals surface area contributed by atoms with E-state index in [0.29, 0.717) is 17.1 Å². The Labute approximate surface area is 125 Å². The number of rotatable bonds is 3. The first kappa shape index (κ1) is 16.8. The summed E-state index contributed by atoms with van der Waals surface area (Å²) in [5.74, 6) is 0.425. The lowest BCUT2D eigenvalue weighted by atomic mass is 9.91. The smallest absolute Gasteiger partial charge is 0.412 e. The van der Waals surface area contributed by atoms with Crippen molar-refractivity contribution in [3.63, 3.8) is 0 Å². The number of hydrogen-bond donors (Lipinski definition) is 1. The number of nitrogens with one attached hydrogen (secondary N) is 1. The maximum absolute atomic E-state index is 11.8. The molecule has 0 aliphatic rings. The van der Waals surface area contributed by atoms with Gasteiger partial charge in [0.15, 0.2) is 0 Å². The summed E-state index contributed by atoms with van der Waals surface area (Å²) in [6, 6.07) is 3.80. The molecule has 0 saturated heterocycles. The Morgan fingerprint density at radius 3 is 2.43 bits per heavy atom. The van der Waals surface area contributed by atoms with Crippen LogP contribution in [0.4, 0.5) is 10.5 Å². The van der Waals surface area contributed by atoms with Crippen molar-refractivity contribution >= 4 is 11.8 Å². The van der Waals surface area contributed by atoms with Crippen LogP contribution in [0, 0.1) is 11.3 Å². The second kappa shape index (κ2) is 6.00. The summed E-state index contributed by atoms with van der Waals surface area (Å²) in [6.07, 6.45) is 0.867. The van der Waals surface area contributed by atoms with Gasteiger partial charge in [0.05, 0.1) is 30.5 Å². The Bertz CT molecular complexity index is 569. The van der Waals surface area contributed by atoms with Crippen molar-refractivity contribution in [3.8, 4) is 11.8 Å². The first-order chi connectivity index (χ1) is 9.59. The van der Waals surface area contributed by atoms with Gasteiger partial charge in [0.25, 0.3) is 0 Å². The minimum atomic E-state index is -0.738. The van der Waals surface area contributed by atoms with E-state index >= 15 is 0 Å². The highest BCUT2D eigenvalue weighted by Gasteiger charge is 2.24. The Kier molecular flexibility index (Phi) is 4.79. The van der Waals surface area contributed by atoms with Gasteiger partial charge >= 0.3 is 6.09 Å². The predicted octanol–water partition coefficient (Wildman–Crippen LogP) is 3.24. The lowest BCUT2D eigenvalue weighted by Gasteiger charge is -2.21. The second-order valence-corrected chi connectivity index (χ2v) is 6.13. The zero-order valence-corrected chi connectivity index (χ0v) is 13.3. The van der Waals surface area contributed by atoms with Crippen molar-refractivity contribution in [2.75, 3.05) is 12.4 Å². The van der Waals surface area contributed by atoms with Crippen LogP contribution in [0.3, 0.4) is 0 Å². The Morgan fingerprint density at radius 2 is 1.95 bits per heavy atom. The predicted molar refractivity (Wildman–Crippen MR) is 79.3 cm³/mol. The van der Waals surface area contributed by atoms with E-state index in [9.17, 15) is 4.79 Å². The molecule has 1 amide bonds. The number of amides is 1. The van der Waals surface area contributed by atoms with Gasteiger partial charge < -0.3 is 9.47 Å². The van der Waals surface area contributed by atoms with Gasteiger partial charge in [0, 0.05) is 6.07 Å². The molecule has 6 nitrogen and oxygen atoms in total. The number of carbonyl (C=O) groups is 1. The molecule has 1 heterocycles. The van der Waals surface area contributed by atoms with E-state index in [4.69, 9.17) is 14.7 Å². The van der Waals surface area contributed by atoms with Gasteiger partial charge in [0.1, 0.15) is 17.0 Å². The van der Waals surface area contributed by atoms with E-state index in [-0.39, 0.29) is 0 Å². The zero-order valence-electron chi connectivity index (χ0n) is 13.3. The van der Waals surface area contributed by atoms with Crippen LogP contribution in [0.15, 0.2) is 12.3 Å². The van der Waals surface area contributed by atoms with Gasteiger partial charge in [-0.1, -0.05) is 0 Å². The van der Waals surface area contributed by atoms with E-state index in [0.717, 1.165) is 0 Å². The van der Waals surface area contributed by atoms with E-state index in [1.807, 2.05) is 0 Å². The summed E-state index contributed by atoms with van der Waals surface area (Å²) in [6.45, 7) is 8.85. The third kappa shape index (κ3) is 4.63. The molecule has 0 aromatic carbocycles. The number of carbonyl (C=O) groups excluding carboxylic acids is 1. The summed E-state index contributed by atoms with van der Waals surface area (Å²) in [5.41, 5.74) is -0.369. The molecule has 0 radical (unpaired) electrons. The van der Waals surface area contributed by atoms with Gasteiger partial charge in [-0.25, -0.2) is 4.79 Å². The van der Waals surface area contributed by atoms with E-state index in [1.165, 1.54) is 13.3 Å². The van der Waals surface area contributed by atoms with Gasteiger partial charge in [-0.05, 0) is 34.6 Å². The highest BCUT2D eigenvalue weighted by atomic mass is 16.6. The fourth-order valence-electron chi connectivity index (χ4n) is 1.51. The fourth-order valence-corrected chi connectivity index (χ4v) is 1.51. The average molecular weight is 291 g/mol. The highest BCUT2D eigenvalue weighted by molar-refractivity contribution is 5.86. The summed E-state index contributed by atoms with van der Waals surface area (Å²) in [7, 11) is 1.48. The van der Waals surface area contributed by atoms with Crippen LogP contribution >= 0.6 is 0 Å². The molecule has 0 atom stereocenters. The van der Waals surface area contributed by atoms with Crippen LogP contribution < -0.4 is 10.1 Å². The minimum absolute atomic E-state index is 0.393. The maximum atomic E-state index is 11.8. The number of anilines is 1. The largest absolute Gasteiger partial charge is 0.494 e. The van der Waals surface area contributed by atoms with E-state index in [2.05, 4.69) is 16.4 Å². The van der Waals surface area contributed by atoms with Crippen LogP contribution in [0.2, 0.25) is 0 Å². The van der Waals surface area contributed by atoms with Crippen molar-refractivity contribution < 1.29 is 14.3 Å². The van der Waals surface area contributed by atoms with Gasteiger partial charge in [0.2, 0.25) is 0 Å². The van der Waals surface area contributed by atoms with Crippen molar-refractivity contribution in [2.24, 2.45) is 0 Å². The first-order valence-electron chi connectivity index (χ1n) is 6.55. The molecule has 1 N–H and O–H groups in total. The molecular weight excluding hydrogens is 270 g/mol. The molecule has 1 aromatic rings. The number of methoxy groups -OCH3 is 1. The molecule has 1 aromatic heterocycles. The fraction of sp³-hybridized carbons (Fsp3) is 0.533. The van der Waals surface area contributed by atoms with Crippen LogP contribution in [-0.4, -0.2) is 23.8 Å². The van der Waals surface area contributed by atoms with E-state index in [1.54, 1.807) is 40.7 Å². The molecule has 0 bridgehead atoms. The SMILES string of the molecule is COc1cc(C(C)(C)C#N)ncc1NC(=O)OC(C)(C)C. The number of hydrogen-bond acceptors (Lipinski definition) is 5. The van der Waals surface area contributed by atoms with E-state index < -0.39 is 17.1 Å². The molecule has 0 spiro atoms. The Morgan fingerprint density at radius 1 is 1.33 bits per heavy atom. The van der Waals surface area contributed by atoms with Gasteiger partial charge in [-0.3, -0.25) is 10.3 Å². The Hall–Kier alpha value is -2.29. The number of pyridine rings is 1. The minimum Gasteiger partial charge on any atom is -0.494 e. The van der Waals surface area contributed by atoms with Crippen molar-refractivity contribution in [3.05, 3.63) is 18.0 Å². The number of ether oxygens (including phenoxy) is 2. The third-order valence-corrected chi connectivity index (χ3v) is 2.64. The molecule has 0 saturated carbocycles. The normalized spacial score (nSPS) is 11.5. The topological polar surface area (TPSA) is 84.2 Å². The summed E-state index contributed by atoms with van der Waals surface area (Å²) in [5, 5.41) is 11.7. The molecule has 114 valence electrons. The molecular formula is C15H21N3O3. The van der Waals surface area contributed by atoms with Crippen LogP contribution in [0.5, 0.6) is 5.75 Å². The average Bonchev–Trinajstić information content (AvgIpc) is 2.36. The van der Waals surface area contributed by atoms with Crippen LogP contribution in [-0.2, 0) is 10.2 Å². The molecule has 0 aliphatic heterocycles. The van der Waals surface area contributed by atoms with Gasteiger partial charge in [-0.2, -0.15) is 5.26 Å². The summed E-state index contributed by atoms with van der Waals surface area (Å²) in [4.78, 5) is 16.0. The van der Waals surface area contributed by atoms with Crippen molar-refractivity contribution in [1.82, 2.24) is 4.98 Å². The summed E-state index contributed by atoms with van der Waals surface area (Å²) >= 11 is 0. The van der Waals surface area contributed by atoms with Crippen molar-refractivity contribution in [1.29, 1.82) is 5.26 Å². The van der Waals surface area contributed by atoms with Crippen molar-refractivity contribution in [2.45, 2.75) is 45.6 Å². The standard InChI is InChI=1S/C15H21N3O3/c1-14(2,3)21-13(19)18-10-8-17-12(7-11(10)20-6)15(4,5)9-16/h7-8H,1-6H3,(H,18,19). The number of nitrogens with zero attached hydrogens (tertiary/aromatic N) is 2. The van der Waals surface area contributed by atoms with Crippen LogP contribution in [0.1, 0.15) is 40.3 Å². The molecule has 21 heavy (non-hydrogen) atoms. The number of aromatic nitrogens is 1. The molecule has 1 rings (SSSR count). The number of nitriles is 1. The molecule has 0 fully saturated rings. The first-order valence-corrected chi connectivity index (χ1v) is 6.55. The third-order valence-electron chi connectivity index (χ3n) is 2.64. The second-order valence-electron chi connectivity index (χ2n) is 6.13. The quantitative estimate of drug-likeness (QED) is 0.924. The summed E-state index contributed by atoms with van der Waals surface area (Å²) < 4.78 is 10.4. The van der Waals surface area contributed by atoms with Crippen LogP contribution in [0.25, 0.3) is 0 Å². The lowest BCUT2D eigenvalue weighted by molar-refractivity contribution is 0.0635. The maximum Gasteiger partial charge on any atom is 0.412 e. The molecule has 6 heteroatoms. The molecule has 0 aliphatic carbocycles. The van der Waals surface area contributed by atoms with Gasteiger partial charge in [-0.15, -0.1) is 0 Å². The highest BCUT2D eigenvalue weighted by Crippen LogP contribution is 2.29.